The van der Waals surface area contributed by atoms with Gasteiger partial charge in [0.15, 0.2) is 12.4 Å². The monoisotopic (exact) mass is 693 g/mol. The van der Waals surface area contributed by atoms with E-state index in [1.54, 1.807) is 11.6 Å². The van der Waals surface area contributed by atoms with Crippen molar-refractivity contribution in [1.82, 2.24) is 25.5 Å². The number of tetrazole rings is 1. The molecule has 1 amide bonds. The summed E-state index contributed by atoms with van der Waals surface area (Å²) in [5.74, 6) is -0.296. The number of carbonyl (C=O) groups excluding carboxylic acids is 2. The predicted octanol–water partition coefficient (Wildman–Crippen LogP) is 5.97. The zero-order valence-electron chi connectivity index (χ0n) is 28.0. The number of amides is 1. The van der Waals surface area contributed by atoms with Crippen LogP contribution in [0.5, 0.6) is 0 Å². The fourth-order valence-corrected chi connectivity index (χ4v) is 6.88. The molecule has 2 heterocycles. The quantitative estimate of drug-likeness (QED) is 0.119. The van der Waals surface area contributed by atoms with Crippen LogP contribution in [0.1, 0.15) is 55.4 Å². The van der Waals surface area contributed by atoms with Gasteiger partial charge in [0.1, 0.15) is 0 Å². The molecule has 5 atom stereocenters. The van der Waals surface area contributed by atoms with Gasteiger partial charge in [-0.15, -0.1) is 5.10 Å². The highest BCUT2D eigenvalue weighted by Gasteiger charge is 2.38. The number of aromatic nitrogens is 4. The second-order valence-electron chi connectivity index (χ2n) is 12.1. The van der Waals surface area contributed by atoms with Gasteiger partial charge in [0.05, 0.1) is 24.5 Å². The molecule has 1 saturated heterocycles. The van der Waals surface area contributed by atoms with Crippen LogP contribution in [0.15, 0.2) is 108 Å². The molecule has 0 aliphatic carbocycles. The third-order valence-electron chi connectivity index (χ3n) is 8.54. The van der Waals surface area contributed by atoms with Gasteiger partial charge in [0.2, 0.25) is 5.16 Å². The number of thioether (sulfide) groups is 1. The molecule has 6 rings (SSSR count). The first-order valence-electron chi connectivity index (χ1n) is 16.4. The van der Waals surface area contributed by atoms with Gasteiger partial charge in [-0.1, -0.05) is 97.5 Å². The van der Waals surface area contributed by atoms with Crippen molar-refractivity contribution in [2.24, 2.45) is 5.92 Å². The molecule has 1 fully saturated rings. The summed E-state index contributed by atoms with van der Waals surface area (Å²) < 4.78 is 20.1. The number of nitrogens with one attached hydrogen (secondary N) is 1. The third kappa shape index (κ3) is 8.45. The lowest BCUT2D eigenvalue weighted by molar-refractivity contribution is -0.268. The molecule has 0 unspecified atom stereocenters. The van der Waals surface area contributed by atoms with Gasteiger partial charge in [0, 0.05) is 30.7 Å². The van der Waals surface area contributed by atoms with Crippen molar-refractivity contribution in [3.05, 3.63) is 125 Å². The number of para-hydroxylation sites is 1. The van der Waals surface area contributed by atoms with E-state index in [9.17, 15) is 14.7 Å². The summed E-state index contributed by atoms with van der Waals surface area (Å²) in [5, 5.41) is 25.5. The zero-order valence-corrected chi connectivity index (χ0v) is 28.8. The fraction of sp³-hybridized carbons (Fsp3) is 0.289. The minimum Gasteiger partial charge on any atom is -0.453 e. The number of carbonyl (C=O) groups is 2. The Labute approximate surface area is 295 Å². The van der Waals surface area contributed by atoms with Crippen LogP contribution in [0.4, 0.5) is 0 Å². The molecule has 2 N–H and O–H groups in total. The van der Waals surface area contributed by atoms with Crippen molar-refractivity contribution in [3.63, 3.8) is 0 Å². The molecule has 0 radical (unpaired) electrons. The summed E-state index contributed by atoms with van der Waals surface area (Å²) >= 11 is 1.53. The summed E-state index contributed by atoms with van der Waals surface area (Å²) in [4.78, 5) is 23.6. The summed E-state index contributed by atoms with van der Waals surface area (Å²) in [6, 6.07) is 33.6. The standard InChI is InChI=1S/C38H39N5O6S/c1-24-34(23-50-38-40-41-42-43(38)33-13-5-4-6-14-33)48-37(49-35(24)29-17-15-27(22-44)16-18-29)32-12-8-11-31(20-32)30-10-7-9-28(19-30)21-39-36(46)25(2)47-26(3)45/h4-20,24-25,34-35,37,44H,21-23H2,1-3H3,(H,39,46)/t24-,25+,34+,35+,37+/m1/s1. The van der Waals surface area contributed by atoms with Gasteiger partial charge in [-0.2, -0.15) is 4.68 Å². The van der Waals surface area contributed by atoms with Crippen molar-refractivity contribution < 1.29 is 28.9 Å². The number of aliphatic hydroxyl groups excluding tert-OH is 1. The molecule has 1 aliphatic heterocycles. The Kier molecular flexibility index (Phi) is 11.3. The average molecular weight is 694 g/mol. The van der Waals surface area contributed by atoms with E-state index < -0.39 is 18.4 Å². The Bertz CT molecular complexity index is 1900. The largest absolute Gasteiger partial charge is 0.453 e. The highest BCUT2D eigenvalue weighted by Crippen LogP contribution is 2.43. The number of esters is 1. The normalized spacial score (nSPS) is 19.4. The van der Waals surface area contributed by atoms with E-state index in [-0.39, 0.29) is 37.2 Å². The van der Waals surface area contributed by atoms with Gasteiger partial charge in [-0.25, -0.2) is 0 Å². The van der Waals surface area contributed by atoms with Gasteiger partial charge in [0.25, 0.3) is 5.91 Å². The minimum atomic E-state index is -0.872. The van der Waals surface area contributed by atoms with Crippen molar-refractivity contribution in [2.45, 2.75) is 63.7 Å². The first-order chi connectivity index (χ1) is 24.3. The van der Waals surface area contributed by atoms with Crippen LogP contribution in [0.2, 0.25) is 0 Å². The number of ether oxygens (including phenoxy) is 3. The van der Waals surface area contributed by atoms with Crippen molar-refractivity contribution in [2.75, 3.05) is 5.75 Å². The van der Waals surface area contributed by atoms with Crippen LogP contribution in [-0.2, 0) is 37.0 Å². The number of benzene rings is 4. The zero-order chi connectivity index (χ0) is 35.0. The summed E-state index contributed by atoms with van der Waals surface area (Å²) in [6.07, 6.45) is -2.02. The molecule has 0 bridgehead atoms. The Balaban J connectivity index is 1.22. The lowest BCUT2D eigenvalue weighted by atomic mass is 9.91. The van der Waals surface area contributed by atoms with Gasteiger partial charge in [-0.3, -0.25) is 9.59 Å². The Morgan fingerprint density at radius 2 is 1.66 bits per heavy atom. The smallest absolute Gasteiger partial charge is 0.303 e. The SMILES string of the molecule is CC(=O)O[C@@H](C)C(=O)NCc1cccc(-c2cccc([C@H]3O[C@@H](CSc4nnnn4-c4ccccc4)[C@@H](C)[C@@H](c4ccc(CO)cc4)O3)c2)c1. The topological polar surface area (TPSA) is 138 Å². The molecular weight excluding hydrogens is 655 g/mol. The Hall–Kier alpha value is -4.88. The Morgan fingerprint density at radius 3 is 2.40 bits per heavy atom. The third-order valence-corrected chi connectivity index (χ3v) is 9.55. The maximum atomic E-state index is 12.4. The van der Waals surface area contributed by atoms with E-state index in [2.05, 4.69) is 33.8 Å². The lowest BCUT2D eigenvalue weighted by Gasteiger charge is -2.41. The van der Waals surface area contributed by atoms with E-state index >= 15 is 0 Å². The van der Waals surface area contributed by atoms with E-state index in [0.29, 0.717) is 10.9 Å². The number of nitrogens with zero attached hydrogens (tertiary/aromatic N) is 4. The maximum absolute atomic E-state index is 12.4. The highest BCUT2D eigenvalue weighted by molar-refractivity contribution is 7.99. The van der Waals surface area contributed by atoms with E-state index in [1.807, 2.05) is 97.1 Å². The molecule has 1 aromatic heterocycles. The van der Waals surface area contributed by atoms with Gasteiger partial charge < -0.3 is 24.6 Å². The maximum Gasteiger partial charge on any atom is 0.303 e. The van der Waals surface area contributed by atoms with Crippen LogP contribution < -0.4 is 5.32 Å². The number of hydrogen-bond donors (Lipinski definition) is 2. The molecular formula is C38H39N5O6S. The van der Waals surface area contributed by atoms with Gasteiger partial charge in [-0.05, 0) is 69.4 Å². The molecule has 1 aliphatic rings. The summed E-state index contributed by atoms with van der Waals surface area (Å²) in [7, 11) is 0. The second-order valence-corrected chi connectivity index (χ2v) is 13.1. The van der Waals surface area contributed by atoms with Crippen LogP contribution in [-0.4, -0.2) is 55.2 Å². The molecule has 0 saturated carbocycles. The number of aliphatic hydroxyl groups is 1. The molecule has 0 spiro atoms. The van der Waals surface area contributed by atoms with E-state index in [4.69, 9.17) is 14.2 Å². The van der Waals surface area contributed by atoms with Gasteiger partial charge >= 0.3 is 5.97 Å². The number of rotatable bonds is 12. The van der Waals surface area contributed by atoms with Crippen molar-refractivity contribution >= 4 is 23.6 Å². The minimum absolute atomic E-state index is 0.0153. The van der Waals surface area contributed by atoms with E-state index in [1.165, 1.54) is 18.7 Å². The van der Waals surface area contributed by atoms with Crippen LogP contribution in [0, 0.1) is 5.92 Å². The first kappa shape index (κ1) is 35.0. The summed E-state index contributed by atoms with van der Waals surface area (Å²) in [6.45, 7) is 5.20. The van der Waals surface area contributed by atoms with Crippen LogP contribution in [0.3, 0.4) is 0 Å². The lowest BCUT2D eigenvalue weighted by Crippen LogP contribution is -2.38. The van der Waals surface area contributed by atoms with E-state index in [0.717, 1.165) is 39.1 Å². The summed E-state index contributed by atoms with van der Waals surface area (Å²) in [5.41, 5.74) is 6.40. The fourth-order valence-electron chi connectivity index (χ4n) is 5.83. The second kappa shape index (κ2) is 16.2. The molecule has 5 aromatic rings. The molecule has 258 valence electrons. The molecule has 4 aromatic carbocycles. The number of hydrogen-bond acceptors (Lipinski definition) is 10. The van der Waals surface area contributed by atoms with Crippen LogP contribution in [0.25, 0.3) is 16.8 Å². The van der Waals surface area contributed by atoms with Crippen molar-refractivity contribution in [3.8, 4) is 16.8 Å². The first-order valence-corrected chi connectivity index (χ1v) is 17.4. The molecule has 11 nitrogen and oxygen atoms in total. The average Bonchev–Trinajstić information content (AvgIpc) is 3.62. The molecule has 12 heteroatoms. The predicted molar refractivity (Wildman–Crippen MR) is 188 cm³/mol. The Morgan fingerprint density at radius 1 is 0.920 bits per heavy atom. The highest BCUT2D eigenvalue weighted by atomic mass is 32.2. The van der Waals surface area contributed by atoms with Crippen molar-refractivity contribution in [1.29, 1.82) is 0 Å². The van der Waals surface area contributed by atoms with Crippen LogP contribution >= 0.6 is 11.8 Å². The molecule has 50 heavy (non-hydrogen) atoms.